The number of hydrogen-bond donors (Lipinski definition) is 1. The third-order valence-electron chi connectivity index (χ3n) is 3.92. The molecule has 1 aliphatic heterocycles. The molecule has 0 radical (unpaired) electrons. The molecule has 1 heterocycles. The fraction of sp³-hybridized carbons (Fsp3) is 0.625. The Morgan fingerprint density at radius 2 is 1.86 bits per heavy atom. The molecule has 0 unspecified atom stereocenters. The molecule has 1 fully saturated rings. The highest BCUT2D eigenvalue weighted by Gasteiger charge is 2.20. The molecule has 0 amide bonds. The Balaban J connectivity index is 1.74. The molecule has 1 N–H and O–H groups in total. The molecule has 21 heavy (non-hydrogen) atoms. The average Bonchev–Trinajstić information content (AvgIpc) is 2.49. The van der Waals surface area contributed by atoms with Gasteiger partial charge < -0.3 is 9.84 Å². The van der Waals surface area contributed by atoms with Crippen LogP contribution in [0.3, 0.4) is 0 Å². The lowest BCUT2D eigenvalue weighted by atomic mass is 10.1. The number of halogens is 1. The van der Waals surface area contributed by atoms with Crippen LogP contribution < -0.4 is 0 Å². The number of rotatable bonds is 7. The van der Waals surface area contributed by atoms with E-state index in [1.54, 1.807) is 0 Å². The molecule has 1 aliphatic rings. The van der Waals surface area contributed by atoms with E-state index in [4.69, 9.17) is 16.3 Å². The number of β-amino-alcohol motifs (C(OH)–C–C–N with tert-alkyl or cyclic N) is 1. The molecule has 118 valence electrons. The van der Waals surface area contributed by atoms with E-state index >= 15 is 0 Å². The van der Waals surface area contributed by atoms with Gasteiger partial charge in [0.25, 0.3) is 0 Å². The highest BCUT2D eigenvalue weighted by atomic mass is 35.5. The van der Waals surface area contributed by atoms with Crippen LogP contribution in [0.1, 0.15) is 18.6 Å². The summed E-state index contributed by atoms with van der Waals surface area (Å²) in [6.45, 7) is 9.26. The van der Waals surface area contributed by atoms with Crippen molar-refractivity contribution in [2.24, 2.45) is 0 Å². The summed E-state index contributed by atoms with van der Waals surface area (Å²) in [7, 11) is 0. The Morgan fingerprint density at radius 3 is 2.52 bits per heavy atom. The summed E-state index contributed by atoms with van der Waals surface area (Å²) in [4.78, 5) is 4.71. The quantitative estimate of drug-likeness (QED) is 0.782. The van der Waals surface area contributed by atoms with Crippen molar-refractivity contribution in [1.82, 2.24) is 9.80 Å². The van der Waals surface area contributed by atoms with Crippen molar-refractivity contribution >= 4 is 11.6 Å². The second-order valence-electron chi connectivity index (χ2n) is 5.38. The lowest BCUT2D eigenvalue weighted by Crippen LogP contribution is -2.48. The molecule has 0 saturated carbocycles. The molecule has 1 atom stereocenters. The standard InChI is InChI=1S/C16H25ClN2O2/c1-2-21-12-11-18-7-9-19(10-8-18)13-16(20)14-5-3-4-6-15(14)17/h3-6,16,20H,2,7-13H2,1H3/t16-/m1/s1. The van der Waals surface area contributed by atoms with Crippen LogP contribution in [0.2, 0.25) is 5.02 Å². The van der Waals surface area contributed by atoms with Gasteiger partial charge in [0.05, 0.1) is 12.7 Å². The largest absolute Gasteiger partial charge is 0.387 e. The molecule has 0 bridgehead atoms. The van der Waals surface area contributed by atoms with Crippen molar-refractivity contribution in [3.63, 3.8) is 0 Å². The first-order valence-electron chi connectivity index (χ1n) is 7.65. The van der Waals surface area contributed by atoms with Crippen LogP contribution in [-0.2, 0) is 4.74 Å². The summed E-state index contributed by atoms with van der Waals surface area (Å²) in [6.07, 6.45) is -0.520. The molecule has 1 aromatic carbocycles. The summed E-state index contributed by atoms with van der Waals surface area (Å²) in [5, 5.41) is 11.0. The van der Waals surface area contributed by atoms with Crippen LogP contribution in [0.4, 0.5) is 0 Å². The number of hydrogen-bond acceptors (Lipinski definition) is 4. The monoisotopic (exact) mass is 312 g/mol. The van der Waals surface area contributed by atoms with E-state index in [2.05, 4.69) is 9.80 Å². The minimum Gasteiger partial charge on any atom is -0.387 e. The van der Waals surface area contributed by atoms with Gasteiger partial charge in [-0.15, -0.1) is 0 Å². The zero-order valence-electron chi connectivity index (χ0n) is 12.7. The zero-order chi connectivity index (χ0) is 15.1. The maximum Gasteiger partial charge on any atom is 0.0931 e. The van der Waals surface area contributed by atoms with Crippen molar-refractivity contribution in [3.05, 3.63) is 34.9 Å². The van der Waals surface area contributed by atoms with E-state index in [9.17, 15) is 5.11 Å². The Morgan fingerprint density at radius 1 is 1.19 bits per heavy atom. The molecule has 1 saturated heterocycles. The fourth-order valence-corrected chi connectivity index (χ4v) is 2.88. The first-order chi connectivity index (χ1) is 10.2. The van der Waals surface area contributed by atoms with Gasteiger partial charge in [0.15, 0.2) is 0 Å². The second-order valence-corrected chi connectivity index (χ2v) is 5.78. The lowest BCUT2D eigenvalue weighted by molar-refractivity contribution is 0.0550. The maximum atomic E-state index is 10.3. The van der Waals surface area contributed by atoms with Gasteiger partial charge in [0.1, 0.15) is 0 Å². The Hall–Kier alpha value is -0.650. The molecular formula is C16H25ClN2O2. The first kappa shape index (κ1) is 16.7. The SMILES string of the molecule is CCOCCN1CCN(C[C@@H](O)c2ccccc2Cl)CC1. The Bertz CT molecular complexity index is 422. The first-order valence-corrected chi connectivity index (χ1v) is 8.03. The molecule has 4 nitrogen and oxygen atoms in total. The van der Waals surface area contributed by atoms with Crippen molar-refractivity contribution < 1.29 is 9.84 Å². The highest BCUT2D eigenvalue weighted by molar-refractivity contribution is 6.31. The van der Waals surface area contributed by atoms with E-state index < -0.39 is 6.10 Å². The maximum absolute atomic E-state index is 10.3. The van der Waals surface area contributed by atoms with Crippen LogP contribution in [0, 0.1) is 0 Å². The van der Waals surface area contributed by atoms with Crippen molar-refractivity contribution in [3.8, 4) is 0 Å². The Labute approximate surface area is 132 Å². The van der Waals surface area contributed by atoms with Gasteiger partial charge >= 0.3 is 0 Å². The number of benzene rings is 1. The predicted molar refractivity (Wildman–Crippen MR) is 85.8 cm³/mol. The van der Waals surface area contributed by atoms with Gasteiger partial charge in [-0.25, -0.2) is 0 Å². The molecule has 1 aromatic rings. The fourth-order valence-electron chi connectivity index (χ4n) is 2.62. The van der Waals surface area contributed by atoms with E-state index in [0.717, 1.165) is 51.5 Å². The molecule has 5 heteroatoms. The topological polar surface area (TPSA) is 35.9 Å². The summed E-state index contributed by atoms with van der Waals surface area (Å²) in [5.41, 5.74) is 0.818. The average molecular weight is 313 g/mol. The minimum absolute atomic E-state index is 0.520. The van der Waals surface area contributed by atoms with E-state index in [1.165, 1.54) is 0 Å². The van der Waals surface area contributed by atoms with Crippen LogP contribution >= 0.6 is 11.6 Å². The molecule has 2 rings (SSSR count). The van der Waals surface area contributed by atoms with Gasteiger partial charge in [-0.1, -0.05) is 29.8 Å². The molecule has 0 aliphatic carbocycles. The van der Waals surface area contributed by atoms with Crippen molar-refractivity contribution in [2.45, 2.75) is 13.0 Å². The summed E-state index contributed by atoms with van der Waals surface area (Å²) >= 11 is 6.13. The van der Waals surface area contributed by atoms with Crippen molar-refractivity contribution in [2.75, 3.05) is 52.5 Å². The Kier molecular flexibility index (Phi) is 6.93. The van der Waals surface area contributed by atoms with Crippen LogP contribution in [-0.4, -0.2) is 67.4 Å². The number of aliphatic hydroxyl groups is 1. The smallest absolute Gasteiger partial charge is 0.0931 e. The molecular weight excluding hydrogens is 288 g/mol. The summed E-state index contributed by atoms with van der Waals surface area (Å²) in [5.74, 6) is 0. The van der Waals surface area contributed by atoms with Crippen LogP contribution in [0.15, 0.2) is 24.3 Å². The zero-order valence-corrected chi connectivity index (χ0v) is 13.4. The van der Waals surface area contributed by atoms with Gasteiger partial charge in [-0.05, 0) is 13.0 Å². The summed E-state index contributed by atoms with van der Waals surface area (Å²) < 4.78 is 5.39. The van der Waals surface area contributed by atoms with E-state index in [0.29, 0.717) is 11.6 Å². The van der Waals surface area contributed by atoms with Gasteiger partial charge in [0.2, 0.25) is 0 Å². The van der Waals surface area contributed by atoms with E-state index in [1.807, 2.05) is 31.2 Å². The van der Waals surface area contributed by atoms with Crippen molar-refractivity contribution in [1.29, 1.82) is 0 Å². The van der Waals surface area contributed by atoms with Gasteiger partial charge in [-0.2, -0.15) is 0 Å². The third kappa shape index (κ3) is 5.24. The van der Waals surface area contributed by atoms with Gasteiger partial charge in [-0.3, -0.25) is 9.80 Å². The molecule has 0 aromatic heterocycles. The molecule has 0 spiro atoms. The number of piperazine rings is 1. The minimum atomic E-state index is -0.520. The lowest BCUT2D eigenvalue weighted by Gasteiger charge is -2.35. The number of nitrogens with zero attached hydrogens (tertiary/aromatic N) is 2. The van der Waals surface area contributed by atoms with Crippen LogP contribution in [0.5, 0.6) is 0 Å². The highest BCUT2D eigenvalue weighted by Crippen LogP contribution is 2.23. The third-order valence-corrected chi connectivity index (χ3v) is 4.26. The van der Waals surface area contributed by atoms with Crippen LogP contribution in [0.25, 0.3) is 0 Å². The predicted octanol–water partition coefficient (Wildman–Crippen LogP) is 2.03. The normalized spacial score (nSPS) is 18.8. The number of ether oxygens (including phenoxy) is 1. The number of aliphatic hydroxyl groups excluding tert-OH is 1. The van der Waals surface area contributed by atoms with Gasteiger partial charge in [0, 0.05) is 56.5 Å². The van der Waals surface area contributed by atoms with E-state index in [-0.39, 0.29) is 0 Å². The summed E-state index contributed by atoms with van der Waals surface area (Å²) in [6, 6.07) is 7.52. The second kappa shape index (κ2) is 8.71.